The lowest BCUT2D eigenvalue weighted by Crippen LogP contribution is -2.15. The van der Waals surface area contributed by atoms with Crippen molar-refractivity contribution in [2.45, 2.75) is 13.0 Å². The van der Waals surface area contributed by atoms with E-state index in [0.717, 1.165) is 11.1 Å². The van der Waals surface area contributed by atoms with E-state index >= 15 is 0 Å². The van der Waals surface area contributed by atoms with Crippen LogP contribution in [0.2, 0.25) is 5.02 Å². The maximum atomic E-state index is 8.86. The Morgan fingerprint density at radius 2 is 2.15 bits per heavy atom. The molecule has 0 aromatic heterocycles. The van der Waals surface area contributed by atoms with Crippen molar-refractivity contribution < 1.29 is 5.11 Å². The summed E-state index contributed by atoms with van der Waals surface area (Å²) in [6.45, 7) is 1.75. The molecule has 3 nitrogen and oxygen atoms in total. The van der Waals surface area contributed by atoms with Crippen LogP contribution in [0.1, 0.15) is 17.2 Å². The van der Waals surface area contributed by atoms with Gasteiger partial charge in [0.05, 0.1) is 12.6 Å². The Labute approximate surface area is 82.3 Å². The van der Waals surface area contributed by atoms with Gasteiger partial charge in [-0.3, -0.25) is 0 Å². The van der Waals surface area contributed by atoms with Crippen molar-refractivity contribution in [2.75, 3.05) is 12.3 Å². The van der Waals surface area contributed by atoms with E-state index in [1.165, 1.54) is 0 Å². The van der Waals surface area contributed by atoms with Crippen molar-refractivity contribution in [3.05, 3.63) is 28.3 Å². The Morgan fingerprint density at radius 1 is 1.54 bits per heavy atom. The highest BCUT2D eigenvalue weighted by molar-refractivity contribution is 6.31. The number of anilines is 1. The van der Waals surface area contributed by atoms with Gasteiger partial charge in [0, 0.05) is 10.7 Å². The van der Waals surface area contributed by atoms with Crippen LogP contribution in [0, 0.1) is 6.92 Å². The molecule has 0 bridgehead atoms. The quantitative estimate of drug-likeness (QED) is 0.629. The summed E-state index contributed by atoms with van der Waals surface area (Å²) in [7, 11) is 0. The second kappa shape index (κ2) is 3.96. The van der Waals surface area contributed by atoms with Crippen LogP contribution in [0.15, 0.2) is 12.1 Å². The molecule has 1 unspecified atom stereocenters. The molecule has 0 saturated carbocycles. The van der Waals surface area contributed by atoms with Crippen molar-refractivity contribution in [1.29, 1.82) is 0 Å². The molecule has 0 radical (unpaired) electrons. The zero-order valence-corrected chi connectivity index (χ0v) is 8.17. The number of benzene rings is 1. The van der Waals surface area contributed by atoms with Crippen LogP contribution in [-0.2, 0) is 0 Å². The Bertz CT molecular complexity index is 315. The molecule has 13 heavy (non-hydrogen) atoms. The number of nitrogens with two attached hydrogens (primary N) is 2. The Balaban J connectivity index is 3.15. The summed E-state index contributed by atoms with van der Waals surface area (Å²) in [5.74, 6) is 0. The monoisotopic (exact) mass is 200 g/mol. The largest absolute Gasteiger partial charge is 0.398 e. The maximum absolute atomic E-state index is 8.86. The molecule has 0 fully saturated rings. The molecule has 0 aliphatic rings. The first-order valence-electron chi connectivity index (χ1n) is 3.98. The summed E-state index contributed by atoms with van der Waals surface area (Å²) in [5, 5.41) is 9.36. The third kappa shape index (κ3) is 2.12. The van der Waals surface area contributed by atoms with Gasteiger partial charge in [0.25, 0.3) is 0 Å². The standard InChI is InChI=1S/C9H13ClN2O/c1-5-2-6(9(12)4-13)7(10)3-8(5)11/h2-3,9,13H,4,11-12H2,1H3. The first-order chi connectivity index (χ1) is 6.06. The van der Waals surface area contributed by atoms with E-state index in [0.29, 0.717) is 10.7 Å². The lowest BCUT2D eigenvalue weighted by Gasteiger charge is -2.12. The van der Waals surface area contributed by atoms with Gasteiger partial charge in [0.2, 0.25) is 0 Å². The van der Waals surface area contributed by atoms with E-state index in [4.69, 9.17) is 28.2 Å². The van der Waals surface area contributed by atoms with Gasteiger partial charge in [-0.2, -0.15) is 0 Å². The highest BCUT2D eigenvalue weighted by Gasteiger charge is 2.10. The van der Waals surface area contributed by atoms with Gasteiger partial charge in [-0.05, 0) is 24.1 Å². The van der Waals surface area contributed by atoms with Crippen molar-refractivity contribution in [2.24, 2.45) is 5.73 Å². The fourth-order valence-electron chi connectivity index (χ4n) is 1.10. The number of nitrogen functional groups attached to an aromatic ring is 1. The van der Waals surface area contributed by atoms with Gasteiger partial charge in [0.1, 0.15) is 0 Å². The van der Waals surface area contributed by atoms with Crippen LogP contribution in [0.4, 0.5) is 5.69 Å². The van der Waals surface area contributed by atoms with E-state index in [1.54, 1.807) is 12.1 Å². The highest BCUT2D eigenvalue weighted by atomic mass is 35.5. The van der Waals surface area contributed by atoms with E-state index in [1.807, 2.05) is 6.92 Å². The lowest BCUT2D eigenvalue weighted by molar-refractivity contribution is 0.268. The minimum absolute atomic E-state index is 0.122. The number of aliphatic hydroxyl groups excluding tert-OH is 1. The Morgan fingerprint density at radius 3 is 2.69 bits per heavy atom. The average Bonchev–Trinajstić information content (AvgIpc) is 2.10. The molecule has 0 amide bonds. The molecule has 72 valence electrons. The molecule has 0 aliphatic carbocycles. The summed E-state index contributed by atoms with van der Waals surface area (Å²) in [6.07, 6.45) is 0. The molecule has 1 aromatic rings. The number of aryl methyl sites for hydroxylation is 1. The number of aliphatic hydroxyl groups is 1. The van der Waals surface area contributed by atoms with Gasteiger partial charge in [-0.25, -0.2) is 0 Å². The fraction of sp³-hybridized carbons (Fsp3) is 0.333. The van der Waals surface area contributed by atoms with Crippen molar-refractivity contribution in [1.82, 2.24) is 0 Å². The summed E-state index contributed by atoms with van der Waals surface area (Å²) in [6, 6.07) is 3.02. The van der Waals surface area contributed by atoms with Crippen LogP contribution in [-0.4, -0.2) is 11.7 Å². The molecule has 0 saturated heterocycles. The van der Waals surface area contributed by atoms with Crippen LogP contribution in [0.3, 0.4) is 0 Å². The van der Waals surface area contributed by atoms with E-state index in [-0.39, 0.29) is 6.61 Å². The Hall–Kier alpha value is -0.770. The highest BCUT2D eigenvalue weighted by Crippen LogP contribution is 2.26. The Kier molecular flexibility index (Phi) is 3.14. The van der Waals surface area contributed by atoms with Crippen LogP contribution in [0.5, 0.6) is 0 Å². The van der Waals surface area contributed by atoms with E-state index in [9.17, 15) is 0 Å². The average molecular weight is 201 g/mol. The molecule has 0 heterocycles. The number of rotatable bonds is 2. The first kappa shape index (κ1) is 10.3. The second-order valence-electron chi connectivity index (χ2n) is 3.02. The minimum atomic E-state index is -0.438. The van der Waals surface area contributed by atoms with Gasteiger partial charge in [-0.1, -0.05) is 17.7 Å². The smallest absolute Gasteiger partial charge is 0.0624 e. The molecular weight excluding hydrogens is 188 g/mol. The van der Waals surface area contributed by atoms with E-state index in [2.05, 4.69) is 0 Å². The maximum Gasteiger partial charge on any atom is 0.0624 e. The molecule has 5 N–H and O–H groups in total. The fourth-order valence-corrected chi connectivity index (χ4v) is 1.41. The van der Waals surface area contributed by atoms with Crippen molar-refractivity contribution in [3.8, 4) is 0 Å². The summed E-state index contributed by atoms with van der Waals surface area (Å²) in [5.41, 5.74) is 13.6. The third-order valence-corrected chi connectivity index (χ3v) is 2.31. The SMILES string of the molecule is Cc1cc(C(N)CO)c(Cl)cc1N. The number of halogens is 1. The van der Waals surface area contributed by atoms with Gasteiger partial charge < -0.3 is 16.6 Å². The molecular formula is C9H13ClN2O. The predicted octanol–water partition coefficient (Wildman–Crippen LogP) is 1.22. The van der Waals surface area contributed by atoms with Crippen LogP contribution in [0.25, 0.3) is 0 Å². The lowest BCUT2D eigenvalue weighted by atomic mass is 10.0. The molecule has 0 spiro atoms. The zero-order chi connectivity index (χ0) is 10.0. The summed E-state index contributed by atoms with van der Waals surface area (Å²) >= 11 is 5.90. The number of hydrogen-bond donors (Lipinski definition) is 3. The van der Waals surface area contributed by atoms with Gasteiger partial charge >= 0.3 is 0 Å². The molecule has 0 aliphatic heterocycles. The normalized spacial score (nSPS) is 12.9. The summed E-state index contributed by atoms with van der Waals surface area (Å²) in [4.78, 5) is 0. The van der Waals surface area contributed by atoms with Crippen molar-refractivity contribution in [3.63, 3.8) is 0 Å². The topological polar surface area (TPSA) is 72.3 Å². The summed E-state index contributed by atoms with van der Waals surface area (Å²) < 4.78 is 0. The predicted molar refractivity (Wildman–Crippen MR) is 54.6 cm³/mol. The zero-order valence-electron chi connectivity index (χ0n) is 7.42. The van der Waals surface area contributed by atoms with E-state index < -0.39 is 6.04 Å². The molecule has 1 aromatic carbocycles. The molecule has 4 heteroatoms. The second-order valence-corrected chi connectivity index (χ2v) is 3.43. The first-order valence-corrected chi connectivity index (χ1v) is 4.36. The third-order valence-electron chi connectivity index (χ3n) is 1.98. The van der Waals surface area contributed by atoms with Crippen molar-refractivity contribution >= 4 is 17.3 Å². The minimum Gasteiger partial charge on any atom is -0.398 e. The van der Waals surface area contributed by atoms with Gasteiger partial charge in [-0.15, -0.1) is 0 Å². The molecule has 1 rings (SSSR count). The van der Waals surface area contributed by atoms with Crippen LogP contribution >= 0.6 is 11.6 Å². The van der Waals surface area contributed by atoms with Gasteiger partial charge in [0.15, 0.2) is 0 Å². The molecule has 1 atom stereocenters. The number of hydrogen-bond acceptors (Lipinski definition) is 3. The van der Waals surface area contributed by atoms with Crippen LogP contribution < -0.4 is 11.5 Å².